The van der Waals surface area contributed by atoms with Gasteiger partial charge in [0.15, 0.2) is 0 Å². The number of hydrogen-bond acceptors (Lipinski definition) is 7. The molecule has 11 heteroatoms. The number of rotatable bonds is 9. The second-order valence-electron chi connectivity index (χ2n) is 8.80. The van der Waals surface area contributed by atoms with E-state index >= 15 is 0 Å². The van der Waals surface area contributed by atoms with Crippen molar-refractivity contribution in [2.45, 2.75) is 39.3 Å². The van der Waals surface area contributed by atoms with Gasteiger partial charge in [0.1, 0.15) is 11.8 Å². The Balaban J connectivity index is 1.45. The van der Waals surface area contributed by atoms with Gasteiger partial charge in [-0.15, -0.1) is 0 Å². The second-order valence-corrected chi connectivity index (χ2v) is 8.80. The third kappa shape index (κ3) is 5.52. The van der Waals surface area contributed by atoms with E-state index in [0.29, 0.717) is 29.9 Å². The maximum atomic E-state index is 12.3. The lowest BCUT2D eigenvalue weighted by molar-refractivity contribution is -0.144. The lowest BCUT2D eigenvalue weighted by atomic mass is 10.0. The van der Waals surface area contributed by atoms with E-state index in [0.717, 1.165) is 42.0 Å². The van der Waals surface area contributed by atoms with Gasteiger partial charge in [-0.2, -0.15) is 0 Å². The molecule has 0 bridgehead atoms. The molecule has 1 aliphatic rings. The summed E-state index contributed by atoms with van der Waals surface area (Å²) < 4.78 is 5.25. The van der Waals surface area contributed by atoms with E-state index in [-0.39, 0.29) is 12.8 Å². The number of nitrogens with zero attached hydrogens (tertiary/aromatic N) is 3. The lowest BCUT2D eigenvalue weighted by Gasteiger charge is -2.37. The molecular weight excluding hydrogens is 454 g/mol. The smallest absolute Gasteiger partial charge is 0.325 e. The molecule has 0 unspecified atom stereocenters. The van der Waals surface area contributed by atoms with Crippen LogP contribution in [0.4, 0.5) is 5.69 Å². The van der Waals surface area contributed by atoms with E-state index < -0.39 is 23.9 Å². The number of anilines is 1. The van der Waals surface area contributed by atoms with Crippen molar-refractivity contribution in [3.05, 3.63) is 47.0 Å². The molecule has 1 saturated heterocycles. The molecule has 4 N–H and O–H groups in total. The van der Waals surface area contributed by atoms with Gasteiger partial charge in [0.25, 0.3) is 0 Å². The number of hydrogen-bond donors (Lipinski definition) is 4. The molecule has 4 rings (SSSR count). The quantitative estimate of drug-likeness (QED) is 0.360. The fourth-order valence-corrected chi connectivity index (χ4v) is 4.51. The molecule has 1 aromatic carbocycles. The molecular formula is C24H29N5O6. The van der Waals surface area contributed by atoms with Crippen molar-refractivity contribution >= 4 is 34.4 Å². The van der Waals surface area contributed by atoms with Gasteiger partial charge in [-0.05, 0) is 26.0 Å². The number of aryl methyl sites for hydroxylation is 2. The van der Waals surface area contributed by atoms with Gasteiger partial charge >= 0.3 is 11.9 Å². The summed E-state index contributed by atoms with van der Waals surface area (Å²) in [7, 11) is 0. The van der Waals surface area contributed by atoms with Crippen molar-refractivity contribution in [2.24, 2.45) is 0 Å². The van der Waals surface area contributed by atoms with Gasteiger partial charge in [-0.3, -0.25) is 24.2 Å². The van der Waals surface area contributed by atoms with Gasteiger partial charge in [0.2, 0.25) is 5.91 Å². The zero-order valence-electron chi connectivity index (χ0n) is 19.7. The number of H-pyrrole nitrogens is 1. The first-order chi connectivity index (χ1) is 16.7. The Bertz CT molecular complexity index is 1220. The molecule has 35 heavy (non-hydrogen) atoms. The highest BCUT2D eigenvalue weighted by Crippen LogP contribution is 2.31. The molecule has 2 aromatic heterocycles. The third-order valence-corrected chi connectivity index (χ3v) is 6.43. The number of carbonyl (C=O) groups is 3. The van der Waals surface area contributed by atoms with Crippen LogP contribution in [-0.2, 0) is 20.9 Å². The molecule has 0 aliphatic carbocycles. The molecule has 1 aliphatic heterocycles. The van der Waals surface area contributed by atoms with E-state index in [1.165, 1.54) is 0 Å². The lowest BCUT2D eigenvalue weighted by Crippen LogP contribution is -2.48. The number of carboxylic acid groups (broad SMARTS) is 2. The van der Waals surface area contributed by atoms with Gasteiger partial charge in [-0.1, -0.05) is 11.2 Å². The minimum absolute atomic E-state index is 0.118. The SMILES string of the molecule is Cc1noc(C)c1CN1CCN([C@@H](C(=O)O)c2c[nH]c3cc(NC(=O)CCC(=O)O)ccc23)CC1. The average molecular weight is 484 g/mol. The van der Waals surface area contributed by atoms with Crippen molar-refractivity contribution < 1.29 is 29.1 Å². The van der Waals surface area contributed by atoms with Crippen LogP contribution in [0.5, 0.6) is 0 Å². The highest BCUT2D eigenvalue weighted by molar-refractivity contribution is 5.96. The molecule has 0 radical (unpaired) electrons. The standard InChI is InChI=1S/C24H29N5O6/c1-14-19(15(2)35-27-14)13-28-7-9-29(10-8-28)23(24(33)34)18-12-25-20-11-16(3-4-17(18)20)26-21(30)5-6-22(31)32/h3-4,11-12,23,25H,5-10,13H2,1-2H3,(H,26,30)(H,31,32)(H,33,34)/t23-/m1/s1. The van der Waals surface area contributed by atoms with Crippen LogP contribution in [0, 0.1) is 13.8 Å². The normalized spacial score (nSPS) is 15.8. The highest BCUT2D eigenvalue weighted by Gasteiger charge is 2.32. The number of amides is 1. The molecule has 0 spiro atoms. The first kappa shape index (κ1) is 24.4. The van der Waals surface area contributed by atoms with Crippen molar-refractivity contribution in [2.75, 3.05) is 31.5 Å². The molecule has 3 heterocycles. The molecule has 1 fully saturated rings. The van der Waals surface area contributed by atoms with E-state index in [4.69, 9.17) is 9.63 Å². The Morgan fingerprint density at radius 1 is 1.14 bits per heavy atom. The fourth-order valence-electron chi connectivity index (χ4n) is 4.51. The largest absolute Gasteiger partial charge is 0.481 e. The average Bonchev–Trinajstić information content (AvgIpc) is 3.36. The number of fused-ring (bicyclic) bond motifs is 1. The predicted molar refractivity (Wildman–Crippen MR) is 127 cm³/mol. The van der Waals surface area contributed by atoms with Crippen molar-refractivity contribution in [3.63, 3.8) is 0 Å². The van der Waals surface area contributed by atoms with Gasteiger partial charge in [0.05, 0.1) is 12.1 Å². The van der Waals surface area contributed by atoms with Crippen molar-refractivity contribution in [1.82, 2.24) is 19.9 Å². The van der Waals surface area contributed by atoms with E-state index in [1.807, 2.05) is 18.7 Å². The van der Waals surface area contributed by atoms with Crippen LogP contribution in [0.1, 0.15) is 41.5 Å². The van der Waals surface area contributed by atoms with Gasteiger partial charge < -0.3 is 25.0 Å². The second kappa shape index (κ2) is 10.3. The third-order valence-electron chi connectivity index (χ3n) is 6.43. The van der Waals surface area contributed by atoms with Crippen LogP contribution in [-0.4, -0.2) is 74.2 Å². The summed E-state index contributed by atoms with van der Waals surface area (Å²) >= 11 is 0. The van der Waals surface area contributed by atoms with E-state index in [9.17, 15) is 19.5 Å². The zero-order valence-corrected chi connectivity index (χ0v) is 19.7. The summed E-state index contributed by atoms with van der Waals surface area (Å²) in [5.74, 6) is -1.54. The fraction of sp³-hybridized carbons (Fsp3) is 0.417. The maximum absolute atomic E-state index is 12.3. The molecule has 1 amide bonds. The first-order valence-corrected chi connectivity index (χ1v) is 11.5. The number of nitrogens with one attached hydrogen (secondary N) is 2. The van der Waals surface area contributed by atoms with Crippen LogP contribution >= 0.6 is 0 Å². The molecule has 186 valence electrons. The molecule has 11 nitrogen and oxygen atoms in total. The Hall–Kier alpha value is -3.70. The number of aromatic nitrogens is 2. The van der Waals surface area contributed by atoms with E-state index in [1.54, 1.807) is 24.4 Å². The minimum atomic E-state index is -1.03. The van der Waals surface area contributed by atoms with Crippen molar-refractivity contribution in [3.8, 4) is 0 Å². The Labute approximate surface area is 201 Å². The molecule has 0 saturated carbocycles. The van der Waals surface area contributed by atoms with Gasteiger partial charge in [0, 0.05) is 73.1 Å². The maximum Gasteiger partial charge on any atom is 0.325 e. The van der Waals surface area contributed by atoms with Crippen LogP contribution in [0.25, 0.3) is 10.9 Å². The Morgan fingerprint density at radius 2 is 1.89 bits per heavy atom. The van der Waals surface area contributed by atoms with Crippen LogP contribution in [0.3, 0.4) is 0 Å². The Kier molecular flexibility index (Phi) is 7.17. The summed E-state index contributed by atoms with van der Waals surface area (Å²) in [6.45, 7) is 7.20. The Morgan fingerprint density at radius 3 is 2.51 bits per heavy atom. The number of carbonyl (C=O) groups excluding carboxylic acids is 1. The summed E-state index contributed by atoms with van der Waals surface area (Å²) in [5.41, 5.74) is 3.83. The topological polar surface area (TPSA) is 152 Å². The van der Waals surface area contributed by atoms with E-state index in [2.05, 4.69) is 20.4 Å². The van der Waals surface area contributed by atoms with Crippen LogP contribution < -0.4 is 5.32 Å². The summed E-state index contributed by atoms with van der Waals surface area (Å²) in [6.07, 6.45) is 1.34. The number of aliphatic carboxylic acids is 2. The van der Waals surface area contributed by atoms with Crippen LogP contribution in [0.2, 0.25) is 0 Å². The van der Waals surface area contributed by atoms with Gasteiger partial charge in [-0.25, -0.2) is 0 Å². The monoisotopic (exact) mass is 483 g/mol. The highest BCUT2D eigenvalue weighted by atomic mass is 16.5. The predicted octanol–water partition coefficient (Wildman–Crippen LogP) is 2.52. The minimum Gasteiger partial charge on any atom is -0.481 e. The number of carboxylic acids is 2. The first-order valence-electron chi connectivity index (χ1n) is 11.5. The summed E-state index contributed by atoms with van der Waals surface area (Å²) in [5, 5.41) is 26.3. The summed E-state index contributed by atoms with van der Waals surface area (Å²) in [4.78, 5) is 42.3. The number of aromatic amines is 1. The number of piperazine rings is 1. The molecule has 3 aromatic rings. The molecule has 1 atom stereocenters. The van der Waals surface area contributed by atoms with Crippen LogP contribution in [0.15, 0.2) is 28.9 Å². The number of benzene rings is 1. The van der Waals surface area contributed by atoms with Crippen molar-refractivity contribution in [1.29, 1.82) is 0 Å². The summed E-state index contributed by atoms with van der Waals surface area (Å²) in [6, 6.07) is 4.38. The zero-order chi connectivity index (χ0) is 25.1.